The van der Waals surface area contributed by atoms with Crippen molar-refractivity contribution in [3.63, 3.8) is 0 Å². The largest absolute Gasteiger partial charge is 2.00 e. The molecule has 22 valence electrons. The molecule has 0 rings (SSSR count). The normalized spacial score (nSPS) is 1.00. The van der Waals surface area contributed by atoms with Crippen molar-refractivity contribution in [2.24, 2.45) is 0 Å². The van der Waals surface area contributed by atoms with E-state index in [0.717, 1.165) is 0 Å². The first kappa shape index (κ1) is 22.1. The maximum Gasteiger partial charge on any atom is 2.00 e. The fourth-order valence-electron chi connectivity index (χ4n) is 0. The summed E-state index contributed by atoms with van der Waals surface area (Å²) >= 11 is 0. The topological polar surface area (TPSA) is 17.1 Å². The summed E-state index contributed by atoms with van der Waals surface area (Å²) in [5.41, 5.74) is 0. The summed E-state index contributed by atoms with van der Waals surface area (Å²) in [6.07, 6.45) is 0. The van der Waals surface area contributed by atoms with E-state index in [1.54, 1.807) is 0 Å². The van der Waals surface area contributed by atoms with Gasteiger partial charge in [0.25, 0.3) is 0 Å². The van der Waals surface area contributed by atoms with Crippen LogP contribution in [0.15, 0.2) is 0 Å². The average molecular weight is 87.1 g/mol. The minimum atomic E-state index is 0. The SMILES string of the molecule is O=[SiH2].[AlH3].[Be+2].[H-].[H-]. The fraction of sp³-hybridized carbons (Fsp3) is 0. The molecule has 0 aliphatic rings. The van der Waals surface area contributed by atoms with Gasteiger partial charge in [-0.2, -0.15) is 0 Å². The molecule has 0 atom stereocenters. The zero-order valence-corrected chi connectivity index (χ0v) is 3.24. The van der Waals surface area contributed by atoms with Crippen LogP contribution in [-0.2, 0) is 4.46 Å². The van der Waals surface area contributed by atoms with Gasteiger partial charge in [-0.25, -0.2) is 0 Å². The zero-order chi connectivity index (χ0) is 2.00. The standard InChI is InChI=1S/Al.Be.H2OSi.5H/c;;1-2;;;;;/h;;2H2;;;;;/q;+2;;;;;2*-1. The molecule has 0 aromatic heterocycles. The van der Waals surface area contributed by atoms with Crippen molar-refractivity contribution in [2.45, 2.75) is 0 Å². The van der Waals surface area contributed by atoms with E-state index in [9.17, 15) is 0 Å². The van der Waals surface area contributed by atoms with Crippen LogP contribution in [-0.4, -0.2) is 37.6 Å². The molecule has 0 bridgehead atoms. The van der Waals surface area contributed by atoms with Crippen LogP contribution in [0.5, 0.6) is 0 Å². The van der Waals surface area contributed by atoms with E-state index in [1.807, 2.05) is 0 Å². The molecular formula is H7AlBeOSi. The van der Waals surface area contributed by atoms with Gasteiger partial charge in [0.05, 0.1) is 0 Å². The van der Waals surface area contributed by atoms with Crippen LogP contribution in [0.25, 0.3) is 0 Å². The molecule has 0 aromatic carbocycles. The molecule has 0 radical (unpaired) electrons. The molecule has 4 heavy (non-hydrogen) atoms. The van der Waals surface area contributed by atoms with Crippen LogP contribution in [0.4, 0.5) is 0 Å². The molecule has 0 fully saturated rings. The second kappa shape index (κ2) is 53.3. The zero-order valence-electron chi connectivity index (χ0n) is 3.82. The molecule has 0 N–H and O–H groups in total. The molecule has 0 aromatic rings. The van der Waals surface area contributed by atoms with Crippen LogP contribution < -0.4 is 0 Å². The van der Waals surface area contributed by atoms with Crippen molar-refractivity contribution >= 4 is 37.6 Å². The van der Waals surface area contributed by atoms with Crippen LogP contribution in [0.1, 0.15) is 2.85 Å². The average Bonchev–Trinajstić information content (AvgIpc) is 1.00. The Bertz CT molecular complexity index is 13.5. The Labute approximate surface area is 45.6 Å². The predicted molar refractivity (Wildman–Crippen MR) is 27.1 cm³/mol. The van der Waals surface area contributed by atoms with Crippen LogP contribution in [0.3, 0.4) is 0 Å². The Morgan fingerprint density at radius 1 is 1.50 bits per heavy atom. The second-order valence-corrected chi connectivity index (χ2v) is 0. The Balaban J connectivity index is -0.000000000833. The number of rotatable bonds is 0. The molecule has 0 aliphatic carbocycles. The summed E-state index contributed by atoms with van der Waals surface area (Å²) in [6, 6.07) is 0. The van der Waals surface area contributed by atoms with E-state index in [4.69, 9.17) is 4.46 Å². The van der Waals surface area contributed by atoms with Crippen LogP contribution in [0, 0.1) is 0 Å². The van der Waals surface area contributed by atoms with Gasteiger partial charge in [-0.05, 0) is 0 Å². The molecule has 0 amide bonds. The Morgan fingerprint density at radius 3 is 1.50 bits per heavy atom. The molecule has 0 saturated carbocycles. The van der Waals surface area contributed by atoms with E-state index in [2.05, 4.69) is 0 Å². The molecule has 0 aliphatic heterocycles. The van der Waals surface area contributed by atoms with Gasteiger partial charge in [-0.3, -0.25) is 0 Å². The molecule has 0 unspecified atom stereocenters. The van der Waals surface area contributed by atoms with Crippen LogP contribution in [0.2, 0.25) is 0 Å². The molecule has 4 heteroatoms. The Hall–Kier alpha value is 0.718. The van der Waals surface area contributed by atoms with E-state index in [-0.39, 0.29) is 30.3 Å². The third-order valence-electron chi connectivity index (χ3n) is 0. The molecule has 1 nitrogen and oxygen atoms in total. The quantitative estimate of drug-likeness (QED) is 0.302. The minimum Gasteiger partial charge on any atom is -1.00 e. The van der Waals surface area contributed by atoms with Crippen molar-refractivity contribution in [2.75, 3.05) is 0 Å². The smallest absolute Gasteiger partial charge is 1.00 e. The van der Waals surface area contributed by atoms with Gasteiger partial charge in [0.1, 0.15) is 0 Å². The van der Waals surface area contributed by atoms with Crippen molar-refractivity contribution < 1.29 is 7.32 Å². The molecule has 0 saturated heterocycles. The third kappa shape index (κ3) is 15.6. The predicted octanol–water partition coefficient (Wildman–Crippen LogP) is -2.37. The van der Waals surface area contributed by atoms with Crippen molar-refractivity contribution in [1.82, 2.24) is 0 Å². The molecule has 0 spiro atoms. The maximum absolute atomic E-state index is 8.28. The van der Waals surface area contributed by atoms with E-state index in [0.29, 0.717) is 10.1 Å². The van der Waals surface area contributed by atoms with Gasteiger partial charge in [0.15, 0.2) is 17.4 Å². The summed E-state index contributed by atoms with van der Waals surface area (Å²) in [4.78, 5) is 0. The first-order chi connectivity index (χ1) is 1.00. The van der Waals surface area contributed by atoms with Gasteiger partial charge in [-0.1, -0.05) is 0 Å². The Morgan fingerprint density at radius 2 is 1.50 bits per heavy atom. The summed E-state index contributed by atoms with van der Waals surface area (Å²) in [5.74, 6) is 0. The summed E-state index contributed by atoms with van der Waals surface area (Å²) in [6.45, 7) is 0. The van der Waals surface area contributed by atoms with Crippen molar-refractivity contribution in [1.29, 1.82) is 0 Å². The van der Waals surface area contributed by atoms with Gasteiger partial charge in [-0.15, -0.1) is 0 Å². The second-order valence-electron chi connectivity index (χ2n) is 0. The summed E-state index contributed by atoms with van der Waals surface area (Å²) < 4.78 is 8.28. The first-order valence-electron chi connectivity index (χ1n) is 0.289. The van der Waals surface area contributed by atoms with Gasteiger partial charge in [0, 0.05) is 0 Å². The van der Waals surface area contributed by atoms with Gasteiger partial charge in [0.2, 0.25) is 10.1 Å². The molecule has 0 heterocycles. The number of hydrogen-bond acceptors (Lipinski definition) is 1. The van der Waals surface area contributed by atoms with Crippen molar-refractivity contribution in [3.8, 4) is 0 Å². The van der Waals surface area contributed by atoms with E-state index < -0.39 is 0 Å². The van der Waals surface area contributed by atoms with E-state index >= 15 is 0 Å². The minimum absolute atomic E-state index is 0. The van der Waals surface area contributed by atoms with Crippen LogP contribution >= 0.6 is 0 Å². The Kier molecular flexibility index (Phi) is 294. The summed E-state index contributed by atoms with van der Waals surface area (Å²) in [7, 11) is 0.611. The molecular weight excluding hydrogens is 80.1 g/mol. The third-order valence-corrected chi connectivity index (χ3v) is 0. The van der Waals surface area contributed by atoms with Gasteiger partial charge < -0.3 is 7.32 Å². The first-order valence-corrected chi connectivity index (χ1v) is 0.866. The van der Waals surface area contributed by atoms with E-state index in [1.165, 1.54) is 0 Å². The maximum atomic E-state index is 8.28. The fourth-order valence-corrected chi connectivity index (χ4v) is 0. The van der Waals surface area contributed by atoms with Gasteiger partial charge >= 0.3 is 10.1 Å². The number of hydrogen-bond donors (Lipinski definition) is 0. The monoisotopic (exact) mass is 87.0 g/mol. The van der Waals surface area contributed by atoms with Crippen molar-refractivity contribution in [3.05, 3.63) is 0 Å². The summed E-state index contributed by atoms with van der Waals surface area (Å²) in [5, 5.41) is 0.